The number of halogens is 1. The van der Waals surface area contributed by atoms with Crippen molar-refractivity contribution in [1.82, 2.24) is 10.7 Å². The molecule has 9 nitrogen and oxygen atoms in total. The summed E-state index contributed by atoms with van der Waals surface area (Å²) >= 11 is 5.77. The van der Waals surface area contributed by atoms with Gasteiger partial charge < -0.3 is 10.4 Å². The Morgan fingerprint density at radius 1 is 1.32 bits per heavy atom. The molecule has 2 N–H and O–H groups in total. The van der Waals surface area contributed by atoms with Gasteiger partial charge in [-0.15, -0.1) is 0 Å². The maximum atomic E-state index is 12.5. The molecule has 1 heterocycles. The van der Waals surface area contributed by atoms with E-state index in [0.717, 1.165) is 17.8 Å². The van der Waals surface area contributed by atoms with Crippen LogP contribution in [0.3, 0.4) is 0 Å². The van der Waals surface area contributed by atoms with E-state index in [0.29, 0.717) is 6.54 Å². The fraction of sp³-hybridized carbons (Fsp3) is 0.167. The molecule has 0 unspecified atom stereocenters. The summed E-state index contributed by atoms with van der Waals surface area (Å²) in [6.45, 7) is 0.315. The van der Waals surface area contributed by atoms with Gasteiger partial charge in [0, 0.05) is 23.6 Å². The second-order valence-electron chi connectivity index (χ2n) is 6.07. The number of carbonyl (C=O) groups excluding carboxylic acids is 2. The third-order valence-corrected chi connectivity index (χ3v) is 4.55. The van der Waals surface area contributed by atoms with Gasteiger partial charge in [-0.25, -0.2) is 5.43 Å². The number of rotatable bonds is 5. The number of carbonyl (C=O) groups is 2. The number of hydrogen-bond acceptors (Lipinski definition) is 6. The number of hydrogen-bond donors (Lipinski definition) is 2. The molecule has 1 saturated heterocycles. The Morgan fingerprint density at radius 3 is 2.71 bits per heavy atom. The van der Waals surface area contributed by atoms with Crippen molar-refractivity contribution in [2.75, 3.05) is 6.54 Å². The number of nitrogens with one attached hydrogen (secondary N) is 2. The molecular formula is C18H14ClN4O5-. The van der Waals surface area contributed by atoms with Crippen molar-refractivity contribution < 1.29 is 19.6 Å². The lowest BCUT2D eigenvalue weighted by molar-refractivity contribution is -0.398. The number of amides is 2. The van der Waals surface area contributed by atoms with E-state index in [9.17, 15) is 24.8 Å². The van der Waals surface area contributed by atoms with E-state index >= 15 is 0 Å². The zero-order valence-electron chi connectivity index (χ0n) is 14.3. The van der Waals surface area contributed by atoms with E-state index in [1.54, 1.807) is 0 Å². The highest BCUT2D eigenvalue weighted by Gasteiger charge is 2.40. The average Bonchev–Trinajstić information content (AvgIpc) is 3.06. The topological polar surface area (TPSA) is 137 Å². The quantitative estimate of drug-likeness (QED) is 0.336. The van der Waals surface area contributed by atoms with Gasteiger partial charge in [0.25, 0.3) is 11.6 Å². The monoisotopic (exact) mass is 401 g/mol. The molecule has 0 saturated carbocycles. The van der Waals surface area contributed by atoms with E-state index < -0.39 is 34.1 Å². The molecule has 1 aliphatic heterocycles. The van der Waals surface area contributed by atoms with Crippen LogP contribution >= 0.6 is 11.6 Å². The summed E-state index contributed by atoms with van der Waals surface area (Å²) < 4.78 is 0. The van der Waals surface area contributed by atoms with Crippen LogP contribution in [0.2, 0.25) is 5.02 Å². The molecule has 0 radical (unpaired) electrons. The summed E-state index contributed by atoms with van der Waals surface area (Å²) in [4.78, 5) is 34.6. The van der Waals surface area contributed by atoms with Crippen LogP contribution in [0.5, 0.6) is 5.75 Å². The summed E-state index contributed by atoms with van der Waals surface area (Å²) in [6, 6.07) is 11.2. The molecule has 2 amide bonds. The highest BCUT2D eigenvalue weighted by molar-refractivity contribution is 6.31. The summed E-state index contributed by atoms with van der Waals surface area (Å²) in [5.41, 5.74) is 2.20. The van der Waals surface area contributed by atoms with Crippen LogP contribution in [0.25, 0.3) is 0 Å². The molecule has 28 heavy (non-hydrogen) atoms. The minimum Gasteiger partial charge on any atom is -0.867 e. The van der Waals surface area contributed by atoms with Gasteiger partial charge in [-0.2, -0.15) is 5.10 Å². The van der Waals surface area contributed by atoms with Crippen LogP contribution in [0.15, 0.2) is 47.6 Å². The van der Waals surface area contributed by atoms with Crippen molar-refractivity contribution in [3.8, 4) is 5.75 Å². The molecule has 10 heteroatoms. The van der Waals surface area contributed by atoms with Crippen LogP contribution in [0.1, 0.15) is 17.0 Å². The number of nitro benzene ring substituents is 1. The van der Waals surface area contributed by atoms with Crippen LogP contribution in [0, 0.1) is 16.0 Å². The Bertz CT molecular complexity index is 964. The summed E-state index contributed by atoms with van der Waals surface area (Å²) in [6.07, 6.45) is 0.962. The molecular weight excluding hydrogens is 388 g/mol. The largest absolute Gasteiger partial charge is 0.867 e. The third kappa shape index (κ3) is 3.94. The van der Waals surface area contributed by atoms with Gasteiger partial charge in [0.1, 0.15) is 5.92 Å². The van der Waals surface area contributed by atoms with Crippen molar-refractivity contribution in [2.24, 2.45) is 11.0 Å². The molecule has 2 aromatic carbocycles. The molecule has 2 atom stereocenters. The fourth-order valence-corrected chi connectivity index (χ4v) is 3.22. The van der Waals surface area contributed by atoms with Gasteiger partial charge in [0.05, 0.1) is 11.1 Å². The van der Waals surface area contributed by atoms with Crippen molar-refractivity contribution in [2.45, 2.75) is 5.92 Å². The molecule has 3 rings (SSSR count). The van der Waals surface area contributed by atoms with E-state index in [1.807, 2.05) is 30.3 Å². The lowest BCUT2D eigenvalue weighted by Gasteiger charge is -2.15. The van der Waals surface area contributed by atoms with Crippen LogP contribution < -0.4 is 15.8 Å². The summed E-state index contributed by atoms with van der Waals surface area (Å²) in [5.74, 6) is -3.30. The first-order chi connectivity index (χ1) is 13.4. The van der Waals surface area contributed by atoms with Crippen molar-refractivity contribution in [3.05, 3.63) is 68.7 Å². The van der Waals surface area contributed by atoms with Crippen LogP contribution in [-0.4, -0.2) is 29.5 Å². The zero-order valence-corrected chi connectivity index (χ0v) is 15.1. The fourth-order valence-electron chi connectivity index (χ4n) is 3.00. The first-order valence-corrected chi connectivity index (χ1v) is 8.57. The first-order valence-electron chi connectivity index (χ1n) is 8.19. The van der Waals surface area contributed by atoms with Crippen LogP contribution in [0.4, 0.5) is 5.69 Å². The predicted molar refractivity (Wildman–Crippen MR) is 99.0 cm³/mol. The number of nitro groups is 1. The number of benzene rings is 2. The van der Waals surface area contributed by atoms with Gasteiger partial charge in [-0.1, -0.05) is 41.9 Å². The molecule has 1 fully saturated rings. The molecule has 0 spiro atoms. The maximum absolute atomic E-state index is 12.5. The van der Waals surface area contributed by atoms with Crippen molar-refractivity contribution >= 4 is 35.3 Å². The molecule has 0 bridgehead atoms. The predicted octanol–water partition coefficient (Wildman–Crippen LogP) is 1.30. The highest BCUT2D eigenvalue weighted by Crippen LogP contribution is 2.30. The standard InChI is InChI=1S/C18H15ClN4O5/c19-12-6-11(16(24)14(7-12)23(27)28)8-21-22-18(26)15-13(9-20-17(15)25)10-4-2-1-3-5-10/h1-8,13,15,24H,9H2,(H,20,25)(H,22,26)/p-1/b21-8+/t13-,15+/m1/s1. The molecule has 144 valence electrons. The zero-order chi connectivity index (χ0) is 20.3. The van der Waals surface area contributed by atoms with Crippen molar-refractivity contribution in [3.63, 3.8) is 0 Å². The lowest BCUT2D eigenvalue weighted by atomic mass is 9.88. The molecule has 0 aromatic heterocycles. The Morgan fingerprint density at radius 2 is 2.04 bits per heavy atom. The second-order valence-corrected chi connectivity index (χ2v) is 6.51. The Labute approximate surface area is 164 Å². The van der Waals surface area contributed by atoms with E-state index in [4.69, 9.17) is 11.6 Å². The Balaban J connectivity index is 1.76. The Kier molecular flexibility index (Phi) is 5.55. The van der Waals surface area contributed by atoms with E-state index in [2.05, 4.69) is 15.8 Å². The highest BCUT2D eigenvalue weighted by atomic mass is 35.5. The molecule has 0 aliphatic carbocycles. The van der Waals surface area contributed by atoms with Gasteiger partial charge >= 0.3 is 0 Å². The second kappa shape index (κ2) is 8.05. The van der Waals surface area contributed by atoms with Crippen LogP contribution in [-0.2, 0) is 9.59 Å². The van der Waals surface area contributed by atoms with Gasteiger partial charge in [0.2, 0.25) is 5.91 Å². The maximum Gasteiger partial charge on any atom is 0.263 e. The third-order valence-electron chi connectivity index (χ3n) is 4.33. The lowest BCUT2D eigenvalue weighted by Crippen LogP contribution is -2.34. The minimum absolute atomic E-state index is 0.0154. The van der Waals surface area contributed by atoms with Gasteiger partial charge in [0.15, 0.2) is 0 Å². The van der Waals surface area contributed by atoms with Gasteiger partial charge in [-0.05, 0) is 22.9 Å². The summed E-state index contributed by atoms with van der Waals surface area (Å²) in [7, 11) is 0. The summed E-state index contributed by atoms with van der Waals surface area (Å²) in [5, 5.41) is 29.2. The first kappa shape index (κ1) is 19.3. The van der Waals surface area contributed by atoms with Gasteiger partial charge in [-0.3, -0.25) is 19.7 Å². The smallest absolute Gasteiger partial charge is 0.263 e. The average molecular weight is 402 g/mol. The number of nitrogens with zero attached hydrogens (tertiary/aromatic N) is 2. The van der Waals surface area contributed by atoms with Crippen molar-refractivity contribution in [1.29, 1.82) is 0 Å². The minimum atomic E-state index is -0.986. The number of hydrazone groups is 1. The van der Waals surface area contributed by atoms with E-state index in [1.165, 1.54) is 6.07 Å². The Hall–Kier alpha value is -3.46. The normalized spacial score (nSPS) is 18.8. The SMILES string of the molecule is O=C1NC[C@H](c2ccccc2)[C@@H]1C(=O)N/N=C/c1cc(Cl)cc([N+](=O)[O-])c1[O-]. The molecule has 1 aliphatic rings. The van der Waals surface area contributed by atoms with E-state index in [-0.39, 0.29) is 16.5 Å². The molecule has 2 aromatic rings.